The number of aromatic nitrogens is 4. The lowest BCUT2D eigenvalue weighted by atomic mass is 9.89. The number of nitrogens with one attached hydrogen (secondary N) is 1. The van der Waals surface area contributed by atoms with Crippen LogP contribution in [-0.4, -0.2) is 43.7 Å². The normalized spacial score (nSPS) is 11.9. The molecule has 0 saturated heterocycles. The zero-order valence-corrected chi connectivity index (χ0v) is 14.3. The van der Waals surface area contributed by atoms with Gasteiger partial charge in [-0.05, 0) is 38.2 Å². The van der Waals surface area contributed by atoms with Crippen LogP contribution in [0, 0.1) is 19.3 Å². The van der Waals surface area contributed by atoms with Crippen LogP contribution in [0.25, 0.3) is 5.78 Å². The number of rotatable bonds is 7. The molecule has 7 nitrogen and oxygen atoms in total. The number of carbonyl (C=O) groups excluding carboxylic acids is 1. The van der Waals surface area contributed by atoms with Crippen LogP contribution >= 0.6 is 0 Å². The van der Waals surface area contributed by atoms with Crippen LogP contribution in [0.3, 0.4) is 0 Å². The summed E-state index contributed by atoms with van der Waals surface area (Å²) in [5, 5.41) is 16.4. The molecular weight excluding hydrogens is 294 g/mol. The summed E-state index contributed by atoms with van der Waals surface area (Å²) < 4.78 is 1.65. The van der Waals surface area contributed by atoms with Gasteiger partial charge in [0.25, 0.3) is 5.78 Å². The van der Waals surface area contributed by atoms with Crippen LogP contribution in [0.5, 0.6) is 0 Å². The van der Waals surface area contributed by atoms with Crippen LogP contribution in [0.15, 0.2) is 6.07 Å². The van der Waals surface area contributed by atoms with E-state index in [9.17, 15) is 9.90 Å². The molecule has 7 heteroatoms. The van der Waals surface area contributed by atoms with Gasteiger partial charge in [0.1, 0.15) is 0 Å². The first kappa shape index (κ1) is 17.3. The molecule has 2 aromatic rings. The Hall–Kier alpha value is -2.02. The molecule has 0 aliphatic rings. The van der Waals surface area contributed by atoms with Crippen molar-refractivity contribution in [3.05, 3.63) is 23.3 Å². The number of aliphatic hydroxyl groups is 1. The fourth-order valence-corrected chi connectivity index (χ4v) is 2.36. The topological polar surface area (TPSA) is 92.4 Å². The van der Waals surface area contributed by atoms with Crippen molar-refractivity contribution in [3.63, 3.8) is 0 Å². The third-order valence-corrected chi connectivity index (χ3v) is 3.76. The Morgan fingerprint density at radius 3 is 2.78 bits per heavy atom. The quantitative estimate of drug-likeness (QED) is 0.748. The van der Waals surface area contributed by atoms with E-state index in [1.165, 1.54) is 0 Å². The van der Waals surface area contributed by atoms with Gasteiger partial charge in [0.2, 0.25) is 5.91 Å². The average Bonchev–Trinajstić information content (AvgIpc) is 2.86. The van der Waals surface area contributed by atoms with Crippen molar-refractivity contribution in [1.82, 2.24) is 24.9 Å². The number of amides is 1. The number of aliphatic hydroxyl groups excluding tert-OH is 1. The zero-order chi connectivity index (χ0) is 17.0. The van der Waals surface area contributed by atoms with Crippen LogP contribution < -0.4 is 5.32 Å². The van der Waals surface area contributed by atoms with Gasteiger partial charge in [0, 0.05) is 24.5 Å². The largest absolute Gasteiger partial charge is 0.396 e. The van der Waals surface area contributed by atoms with E-state index in [1.54, 1.807) is 4.52 Å². The Balaban J connectivity index is 1.87. The van der Waals surface area contributed by atoms with E-state index in [2.05, 4.69) is 20.4 Å². The molecule has 0 radical (unpaired) electrons. The van der Waals surface area contributed by atoms with E-state index in [4.69, 9.17) is 0 Å². The van der Waals surface area contributed by atoms with Crippen LogP contribution in [0.4, 0.5) is 0 Å². The Morgan fingerprint density at radius 1 is 1.35 bits per heavy atom. The van der Waals surface area contributed by atoms with Gasteiger partial charge in [0.15, 0.2) is 5.82 Å². The van der Waals surface area contributed by atoms with Crippen molar-refractivity contribution < 1.29 is 9.90 Å². The number of aryl methyl sites for hydroxylation is 2. The third-order valence-electron chi connectivity index (χ3n) is 3.76. The number of carbonyl (C=O) groups is 1. The molecule has 1 amide bonds. The number of nitrogens with zero attached hydrogens (tertiary/aromatic N) is 4. The van der Waals surface area contributed by atoms with Gasteiger partial charge in [-0.15, -0.1) is 5.10 Å². The van der Waals surface area contributed by atoms with Gasteiger partial charge in [-0.1, -0.05) is 13.8 Å². The summed E-state index contributed by atoms with van der Waals surface area (Å²) in [5.41, 5.74) is 1.72. The summed E-state index contributed by atoms with van der Waals surface area (Å²) in [7, 11) is 0. The van der Waals surface area contributed by atoms with Crippen LogP contribution in [-0.2, 0) is 11.2 Å². The first-order chi connectivity index (χ1) is 10.8. The zero-order valence-electron chi connectivity index (χ0n) is 14.3. The maximum Gasteiger partial charge on any atom is 0.252 e. The molecule has 0 bridgehead atoms. The highest BCUT2D eigenvalue weighted by Crippen LogP contribution is 2.20. The molecule has 0 atom stereocenters. The van der Waals surface area contributed by atoms with Gasteiger partial charge in [-0.2, -0.15) is 4.98 Å². The lowest BCUT2D eigenvalue weighted by Crippen LogP contribution is -2.28. The van der Waals surface area contributed by atoms with Gasteiger partial charge in [-0.3, -0.25) is 4.79 Å². The minimum Gasteiger partial charge on any atom is -0.396 e. The molecule has 0 aliphatic carbocycles. The van der Waals surface area contributed by atoms with Gasteiger partial charge < -0.3 is 10.4 Å². The number of hydrogen-bond donors (Lipinski definition) is 2. The summed E-state index contributed by atoms with van der Waals surface area (Å²) >= 11 is 0. The highest BCUT2D eigenvalue weighted by molar-refractivity contribution is 5.77. The molecule has 23 heavy (non-hydrogen) atoms. The Kier molecular flexibility index (Phi) is 5.30. The van der Waals surface area contributed by atoms with E-state index >= 15 is 0 Å². The second-order valence-electron chi connectivity index (χ2n) is 6.73. The van der Waals surface area contributed by atoms with Crippen molar-refractivity contribution in [2.45, 2.75) is 47.0 Å². The van der Waals surface area contributed by atoms with E-state index in [-0.39, 0.29) is 24.3 Å². The molecule has 0 unspecified atom stereocenters. The maximum atomic E-state index is 12.0. The molecule has 0 spiro atoms. The molecule has 2 rings (SSSR count). The van der Waals surface area contributed by atoms with Gasteiger partial charge in [-0.25, -0.2) is 9.50 Å². The Bertz CT molecular complexity index is 693. The fourth-order valence-electron chi connectivity index (χ4n) is 2.36. The first-order valence-electron chi connectivity index (χ1n) is 7.88. The summed E-state index contributed by atoms with van der Waals surface area (Å²) in [6, 6.07) is 1.93. The molecule has 126 valence electrons. The van der Waals surface area contributed by atoms with Gasteiger partial charge >= 0.3 is 0 Å². The number of hydrogen-bond acceptors (Lipinski definition) is 5. The molecular formula is C16H25N5O2. The first-order valence-corrected chi connectivity index (χ1v) is 7.88. The van der Waals surface area contributed by atoms with Gasteiger partial charge in [0.05, 0.1) is 6.42 Å². The third kappa shape index (κ3) is 4.72. The van der Waals surface area contributed by atoms with Crippen molar-refractivity contribution >= 4 is 11.7 Å². The number of fused-ring (bicyclic) bond motifs is 1. The standard InChI is InChI=1S/C16H25N5O2/c1-11-8-12(2)21-15(18-11)19-13(20-21)9-14(23)17-7-5-6-16(3,4)10-22/h8,22H,5-7,9-10H2,1-4H3,(H,17,23). The fraction of sp³-hybridized carbons (Fsp3) is 0.625. The lowest BCUT2D eigenvalue weighted by Gasteiger charge is -2.21. The minimum atomic E-state index is -0.102. The van der Waals surface area contributed by atoms with Crippen molar-refractivity contribution in [2.24, 2.45) is 5.41 Å². The monoisotopic (exact) mass is 319 g/mol. The smallest absolute Gasteiger partial charge is 0.252 e. The van der Waals surface area contributed by atoms with Crippen molar-refractivity contribution in [3.8, 4) is 0 Å². The van der Waals surface area contributed by atoms with E-state index in [0.29, 0.717) is 18.1 Å². The molecule has 2 heterocycles. The molecule has 2 N–H and O–H groups in total. The van der Waals surface area contributed by atoms with E-state index in [0.717, 1.165) is 24.2 Å². The molecule has 0 fully saturated rings. The minimum absolute atomic E-state index is 0.0999. The highest BCUT2D eigenvalue weighted by Gasteiger charge is 2.16. The predicted molar refractivity (Wildman–Crippen MR) is 87.1 cm³/mol. The average molecular weight is 319 g/mol. The summed E-state index contributed by atoms with van der Waals surface area (Å²) in [6.45, 7) is 8.59. The summed E-state index contributed by atoms with van der Waals surface area (Å²) in [6.07, 6.45) is 1.84. The Morgan fingerprint density at radius 2 is 2.09 bits per heavy atom. The predicted octanol–water partition coefficient (Wildman–Crippen LogP) is 1.20. The molecule has 2 aromatic heterocycles. The molecule has 0 aliphatic heterocycles. The molecule has 0 saturated carbocycles. The van der Waals surface area contributed by atoms with E-state index < -0.39 is 0 Å². The second-order valence-corrected chi connectivity index (χ2v) is 6.73. The highest BCUT2D eigenvalue weighted by atomic mass is 16.3. The van der Waals surface area contributed by atoms with Crippen LogP contribution in [0.2, 0.25) is 0 Å². The van der Waals surface area contributed by atoms with Crippen LogP contribution in [0.1, 0.15) is 43.9 Å². The van der Waals surface area contributed by atoms with E-state index in [1.807, 2.05) is 33.8 Å². The lowest BCUT2D eigenvalue weighted by molar-refractivity contribution is -0.120. The van der Waals surface area contributed by atoms with Crippen molar-refractivity contribution in [2.75, 3.05) is 13.2 Å². The molecule has 0 aromatic carbocycles. The van der Waals surface area contributed by atoms with Crippen molar-refractivity contribution in [1.29, 1.82) is 0 Å². The summed E-state index contributed by atoms with van der Waals surface area (Å²) in [4.78, 5) is 20.6. The SMILES string of the molecule is Cc1cc(C)n2nc(CC(=O)NCCCC(C)(C)CO)nc2n1. The maximum absolute atomic E-state index is 12.0. The Labute approximate surface area is 136 Å². The summed E-state index contributed by atoms with van der Waals surface area (Å²) in [5.74, 6) is 0.895. The second kappa shape index (κ2) is 7.04.